The normalized spacial score (nSPS) is 16.3. The maximum Gasteiger partial charge on any atom is 0.160 e. The van der Waals surface area contributed by atoms with Crippen molar-refractivity contribution in [3.05, 3.63) is 60.3 Å². The Balaban J connectivity index is 1.44. The number of benzene rings is 1. The molecule has 0 bridgehead atoms. The minimum Gasteiger partial charge on any atom is -0.497 e. The lowest BCUT2D eigenvalue weighted by Crippen LogP contribution is -2.23. The van der Waals surface area contributed by atoms with Crippen LogP contribution in [0.2, 0.25) is 0 Å². The Morgan fingerprint density at radius 2 is 2.21 bits per heavy atom. The average Bonchev–Trinajstić information content (AvgIpc) is 3.16. The third-order valence-corrected chi connectivity index (χ3v) is 4.23. The topological polar surface area (TPSA) is 62.1 Å². The van der Waals surface area contributed by atoms with Crippen LogP contribution in [0, 0.1) is 5.92 Å². The molecule has 0 N–H and O–H groups in total. The van der Waals surface area contributed by atoms with E-state index in [4.69, 9.17) is 9.47 Å². The molecule has 0 saturated carbocycles. The van der Waals surface area contributed by atoms with Gasteiger partial charge in [0.05, 0.1) is 19.4 Å². The van der Waals surface area contributed by atoms with Crippen LogP contribution in [-0.4, -0.2) is 33.5 Å². The first-order valence-electron chi connectivity index (χ1n) is 7.92. The average molecular weight is 322 g/mol. The number of imidazole rings is 1. The Kier molecular flexibility index (Phi) is 3.86. The summed E-state index contributed by atoms with van der Waals surface area (Å²) in [7, 11) is 1.67. The first kappa shape index (κ1) is 14.7. The van der Waals surface area contributed by atoms with E-state index >= 15 is 0 Å². The van der Waals surface area contributed by atoms with E-state index in [1.165, 1.54) is 5.56 Å². The van der Waals surface area contributed by atoms with Crippen LogP contribution in [0.3, 0.4) is 0 Å². The molecule has 1 atom stereocenters. The van der Waals surface area contributed by atoms with Crippen LogP contribution in [0.5, 0.6) is 11.5 Å². The number of hydrogen-bond donors (Lipinski definition) is 0. The van der Waals surface area contributed by atoms with Crippen molar-refractivity contribution in [2.24, 2.45) is 5.92 Å². The van der Waals surface area contributed by atoms with Crippen LogP contribution < -0.4 is 9.47 Å². The summed E-state index contributed by atoms with van der Waals surface area (Å²) in [5, 5.41) is 8.61. The van der Waals surface area contributed by atoms with Crippen LogP contribution in [0.25, 0.3) is 5.82 Å². The summed E-state index contributed by atoms with van der Waals surface area (Å²) in [6, 6.07) is 9.99. The van der Waals surface area contributed by atoms with Crippen molar-refractivity contribution in [1.82, 2.24) is 19.7 Å². The molecule has 4 rings (SSSR count). The van der Waals surface area contributed by atoms with Gasteiger partial charge in [-0.05, 0) is 36.6 Å². The van der Waals surface area contributed by atoms with Gasteiger partial charge < -0.3 is 9.47 Å². The van der Waals surface area contributed by atoms with E-state index in [9.17, 15) is 0 Å². The molecule has 1 aliphatic rings. The molecule has 3 aromatic rings. The Bertz CT molecular complexity index is 816. The third-order valence-electron chi connectivity index (χ3n) is 4.23. The molecule has 0 radical (unpaired) electrons. The van der Waals surface area contributed by atoms with Crippen molar-refractivity contribution in [2.75, 3.05) is 13.7 Å². The van der Waals surface area contributed by atoms with Gasteiger partial charge in [-0.15, -0.1) is 5.10 Å². The Morgan fingerprint density at radius 3 is 2.96 bits per heavy atom. The van der Waals surface area contributed by atoms with Gasteiger partial charge in [0, 0.05) is 24.4 Å². The van der Waals surface area contributed by atoms with Crippen molar-refractivity contribution in [2.45, 2.75) is 12.8 Å². The summed E-state index contributed by atoms with van der Waals surface area (Å²) in [5.41, 5.74) is 2.19. The first-order valence-corrected chi connectivity index (χ1v) is 7.92. The van der Waals surface area contributed by atoms with E-state index < -0.39 is 0 Å². The van der Waals surface area contributed by atoms with E-state index in [-0.39, 0.29) is 0 Å². The van der Waals surface area contributed by atoms with Gasteiger partial charge in [0.15, 0.2) is 5.82 Å². The lowest BCUT2D eigenvalue weighted by atomic mass is 9.92. The first-order chi connectivity index (χ1) is 11.8. The predicted octanol–water partition coefficient (Wildman–Crippen LogP) is 2.46. The fourth-order valence-electron chi connectivity index (χ4n) is 2.96. The molecule has 1 aliphatic heterocycles. The summed E-state index contributed by atoms with van der Waals surface area (Å²) < 4.78 is 13.0. The van der Waals surface area contributed by atoms with Crippen molar-refractivity contribution in [3.8, 4) is 17.3 Å². The number of nitrogens with zero attached hydrogens (tertiary/aromatic N) is 4. The van der Waals surface area contributed by atoms with E-state index in [0.29, 0.717) is 12.5 Å². The zero-order valence-corrected chi connectivity index (χ0v) is 13.4. The molecule has 2 aromatic heterocycles. The molecular weight excluding hydrogens is 304 g/mol. The van der Waals surface area contributed by atoms with Gasteiger partial charge in [-0.2, -0.15) is 5.10 Å². The lowest BCUT2D eigenvalue weighted by Gasteiger charge is -2.25. The standard InChI is InChI=1S/C18H18N4O2/c1-23-16-4-2-14-8-13(11-24-17(14)10-16)9-15-3-5-18(21-20-15)22-7-6-19-12-22/h2-7,10,12-13H,8-9,11H2,1H3. The maximum atomic E-state index is 5.89. The van der Waals surface area contributed by atoms with Crippen LogP contribution in [-0.2, 0) is 12.8 Å². The number of methoxy groups -OCH3 is 1. The molecular formula is C18H18N4O2. The number of fused-ring (bicyclic) bond motifs is 1. The summed E-state index contributed by atoms with van der Waals surface area (Å²) in [4.78, 5) is 4.02. The highest BCUT2D eigenvalue weighted by atomic mass is 16.5. The largest absolute Gasteiger partial charge is 0.497 e. The quantitative estimate of drug-likeness (QED) is 0.738. The highest BCUT2D eigenvalue weighted by Crippen LogP contribution is 2.31. The molecule has 3 heterocycles. The summed E-state index contributed by atoms with van der Waals surface area (Å²) in [5.74, 6) is 2.92. The SMILES string of the molecule is COc1ccc2c(c1)OCC(Cc1ccc(-n3ccnc3)nn1)C2. The molecule has 1 unspecified atom stereocenters. The van der Waals surface area contributed by atoms with Gasteiger partial charge in [-0.25, -0.2) is 4.98 Å². The van der Waals surface area contributed by atoms with Gasteiger partial charge in [-0.1, -0.05) is 6.07 Å². The number of hydrogen-bond acceptors (Lipinski definition) is 5. The second-order valence-electron chi connectivity index (χ2n) is 5.91. The van der Waals surface area contributed by atoms with Gasteiger partial charge in [-0.3, -0.25) is 4.57 Å². The second kappa shape index (κ2) is 6.31. The molecule has 122 valence electrons. The fourth-order valence-corrected chi connectivity index (χ4v) is 2.96. The van der Waals surface area contributed by atoms with Gasteiger partial charge in [0.25, 0.3) is 0 Å². The van der Waals surface area contributed by atoms with Crippen molar-refractivity contribution < 1.29 is 9.47 Å². The van der Waals surface area contributed by atoms with Crippen LogP contribution in [0.1, 0.15) is 11.3 Å². The van der Waals surface area contributed by atoms with Crippen LogP contribution in [0.15, 0.2) is 49.1 Å². The molecule has 1 aromatic carbocycles. The molecule has 0 fully saturated rings. The fraction of sp³-hybridized carbons (Fsp3) is 0.278. The monoisotopic (exact) mass is 322 g/mol. The molecule has 24 heavy (non-hydrogen) atoms. The van der Waals surface area contributed by atoms with Crippen molar-refractivity contribution >= 4 is 0 Å². The highest BCUT2D eigenvalue weighted by molar-refractivity contribution is 5.42. The van der Waals surface area contributed by atoms with Crippen LogP contribution >= 0.6 is 0 Å². The molecule has 6 nitrogen and oxygen atoms in total. The maximum absolute atomic E-state index is 5.89. The third kappa shape index (κ3) is 2.95. The lowest BCUT2D eigenvalue weighted by molar-refractivity contribution is 0.219. The molecule has 0 saturated heterocycles. The minimum atomic E-state index is 0.402. The van der Waals surface area contributed by atoms with Gasteiger partial charge in [0.1, 0.15) is 17.8 Å². The Morgan fingerprint density at radius 1 is 1.25 bits per heavy atom. The molecule has 0 spiro atoms. The number of ether oxygens (including phenoxy) is 2. The van der Waals surface area contributed by atoms with Crippen molar-refractivity contribution in [1.29, 1.82) is 0 Å². The van der Waals surface area contributed by atoms with E-state index in [1.54, 1.807) is 19.6 Å². The zero-order chi connectivity index (χ0) is 16.4. The smallest absolute Gasteiger partial charge is 0.160 e. The minimum absolute atomic E-state index is 0.402. The number of aromatic nitrogens is 4. The summed E-state index contributed by atoms with van der Waals surface area (Å²) in [6.07, 6.45) is 7.11. The van der Waals surface area contributed by atoms with E-state index in [2.05, 4.69) is 21.2 Å². The Hall–Kier alpha value is -2.89. The van der Waals surface area contributed by atoms with Gasteiger partial charge >= 0.3 is 0 Å². The zero-order valence-electron chi connectivity index (χ0n) is 13.4. The van der Waals surface area contributed by atoms with E-state index in [0.717, 1.165) is 35.9 Å². The molecule has 0 amide bonds. The van der Waals surface area contributed by atoms with Gasteiger partial charge in [0.2, 0.25) is 0 Å². The second-order valence-corrected chi connectivity index (χ2v) is 5.91. The molecule has 6 heteroatoms. The number of rotatable bonds is 4. The summed E-state index contributed by atoms with van der Waals surface area (Å²) >= 11 is 0. The van der Waals surface area contributed by atoms with Crippen LogP contribution in [0.4, 0.5) is 0 Å². The predicted molar refractivity (Wildman–Crippen MR) is 88.5 cm³/mol. The molecule has 0 aliphatic carbocycles. The van der Waals surface area contributed by atoms with E-state index in [1.807, 2.05) is 35.0 Å². The summed E-state index contributed by atoms with van der Waals surface area (Å²) in [6.45, 7) is 0.686. The van der Waals surface area contributed by atoms with Crippen molar-refractivity contribution in [3.63, 3.8) is 0 Å². The highest BCUT2D eigenvalue weighted by Gasteiger charge is 2.21. The Labute approximate surface area is 140 Å².